The third-order valence-electron chi connectivity index (χ3n) is 5.70. The van der Waals surface area contributed by atoms with Crippen LogP contribution >= 0.6 is 0 Å². The molecule has 2 aliphatic heterocycles. The minimum Gasteiger partial charge on any atom is -0.457 e. The molecule has 2 aromatic rings. The topological polar surface area (TPSA) is 76.6 Å². The zero-order valence-electron chi connectivity index (χ0n) is 16.1. The van der Waals surface area contributed by atoms with Gasteiger partial charge in [-0.05, 0) is 61.6 Å². The van der Waals surface area contributed by atoms with E-state index in [-0.39, 0.29) is 30.0 Å². The van der Waals surface area contributed by atoms with Crippen LogP contribution in [0, 0.1) is 17.6 Å². The summed E-state index contributed by atoms with van der Waals surface area (Å²) in [7, 11) is 0. The minimum atomic E-state index is -0.563. The number of ketones is 1. The molecule has 0 bridgehead atoms. The fraction of sp³-hybridized carbons (Fsp3) is 0.364. The number of Topliss-reactive ketones (excluding diaryl/α,β-unsaturated/α-hetero) is 1. The molecule has 30 heavy (non-hydrogen) atoms. The SMILES string of the molecule is O=C(COC(=O)[C@@H]1CC[C@H]2CCc3cc(F)ccc3C(=O)N2C1)c1ccc(F)cn1. The normalized spacial score (nSPS) is 20.7. The number of nitrogens with zero attached hydrogens (tertiary/aromatic N) is 2. The highest BCUT2D eigenvalue weighted by molar-refractivity contribution is 5.97. The van der Waals surface area contributed by atoms with Crippen molar-refractivity contribution >= 4 is 17.7 Å². The molecule has 1 aromatic heterocycles. The lowest BCUT2D eigenvalue weighted by Gasteiger charge is -2.37. The van der Waals surface area contributed by atoms with E-state index in [0.29, 0.717) is 36.8 Å². The van der Waals surface area contributed by atoms with Gasteiger partial charge in [-0.3, -0.25) is 14.4 Å². The van der Waals surface area contributed by atoms with Gasteiger partial charge in [0.1, 0.15) is 17.3 Å². The van der Waals surface area contributed by atoms with Crippen molar-refractivity contribution in [3.63, 3.8) is 0 Å². The van der Waals surface area contributed by atoms with Gasteiger partial charge in [0, 0.05) is 18.2 Å². The van der Waals surface area contributed by atoms with E-state index in [1.54, 1.807) is 4.90 Å². The minimum absolute atomic E-state index is 0.0120. The molecule has 0 spiro atoms. The molecule has 0 N–H and O–H groups in total. The number of ether oxygens (including phenoxy) is 1. The van der Waals surface area contributed by atoms with Gasteiger partial charge >= 0.3 is 5.97 Å². The Balaban J connectivity index is 1.40. The Labute approximate surface area is 171 Å². The van der Waals surface area contributed by atoms with Gasteiger partial charge in [0.05, 0.1) is 12.1 Å². The van der Waals surface area contributed by atoms with Crippen molar-refractivity contribution < 1.29 is 27.9 Å². The maximum Gasteiger partial charge on any atom is 0.311 e. The number of amides is 1. The second kappa shape index (κ2) is 8.30. The van der Waals surface area contributed by atoms with Crippen molar-refractivity contribution in [2.75, 3.05) is 13.2 Å². The Bertz CT molecular complexity index is 993. The number of piperidine rings is 1. The summed E-state index contributed by atoms with van der Waals surface area (Å²) < 4.78 is 31.6. The molecule has 8 heteroatoms. The zero-order valence-corrected chi connectivity index (χ0v) is 16.1. The number of benzene rings is 1. The van der Waals surface area contributed by atoms with Gasteiger partial charge in [-0.15, -0.1) is 0 Å². The van der Waals surface area contributed by atoms with Gasteiger partial charge in [-0.2, -0.15) is 0 Å². The van der Waals surface area contributed by atoms with Crippen LogP contribution in [0.15, 0.2) is 36.5 Å². The number of aromatic nitrogens is 1. The fourth-order valence-electron chi connectivity index (χ4n) is 4.09. The highest BCUT2D eigenvalue weighted by atomic mass is 19.1. The van der Waals surface area contributed by atoms with Gasteiger partial charge in [-0.25, -0.2) is 13.8 Å². The Morgan fingerprint density at radius 1 is 1.10 bits per heavy atom. The van der Waals surface area contributed by atoms with Crippen LogP contribution in [0.3, 0.4) is 0 Å². The second-order valence-corrected chi connectivity index (χ2v) is 7.62. The molecule has 0 radical (unpaired) electrons. The number of halogens is 2. The smallest absolute Gasteiger partial charge is 0.311 e. The average molecular weight is 414 g/mol. The van der Waals surface area contributed by atoms with E-state index in [1.165, 1.54) is 24.3 Å². The Morgan fingerprint density at radius 2 is 1.90 bits per heavy atom. The average Bonchev–Trinajstić information content (AvgIpc) is 2.88. The third kappa shape index (κ3) is 4.08. The summed E-state index contributed by atoms with van der Waals surface area (Å²) in [6, 6.07) is 6.48. The highest BCUT2D eigenvalue weighted by Gasteiger charge is 2.38. The zero-order chi connectivity index (χ0) is 21.3. The van der Waals surface area contributed by atoms with Gasteiger partial charge in [0.25, 0.3) is 5.91 Å². The summed E-state index contributed by atoms with van der Waals surface area (Å²) >= 11 is 0. The largest absolute Gasteiger partial charge is 0.457 e. The second-order valence-electron chi connectivity index (χ2n) is 7.62. The van der Waals surface area contributed by atoms with Crippen LogP contribution in [0.5, 0.6) is 0 Å². The number of hydrogen-bond acceptors (Lipinski definition) is 5. The molecule has 2 atom stereocenters. The van der Waals surface area contributed by atoms with E-state index in [9.17, 15) is 23.2 Å². The Hall–Kier alpha value is -3.16. The molecule has 1 amide bonds. The molecule has 6 nitrogen and oxygen atoms in total. The fourth-order valence-corrected chi connectivity index (χ4v) is 4.09. The van der Waals surface area contributed by atoms with Gasteiger partial charge < -0.3 is 9.64 Å². The molecule has 0 unspecified atom stereocenters. The van der Waals surface area contributed by atoms with Crippen LogP contribution in [-0.2, 0) is 16.0 Å². The van der Waals surface area contributed by atoms with Gasteiger partial charge in [0.15, 0.2) is 6.61 Å². The molecule has 1 aromatic carbocycles. The summed E-state index contributed by atoms with van der Waals surface area (Å²) in [5, 5.41) is 0. The van der Waals surface area contributed by atoms with Crippen LogP contribution in [-0.4, -0.2) is 46.7 Å². The van der Waals surface area contributed by atoms with E-state index in [0.717, 1.165) is 12.3 Å². The van der Waals surface area contributed by atoms with Gasteiger partial charge in [-0.1, -0.05) is 0 Å². The highest BCUT2D eigenvalue weighted by Crippen LogP contribution is 2.31. The van der Waals surface area contributed by atoms with Crippen LogP contribution in [0.25, 0.3) is 0 Å². The van der Waals surface area contributed by atoms with Crippen LogP contribution in [0.1, 0.15) is 45.7 Å². The number of esters is 1. The predicted octanol–water partition coefficient (Wildman–Crippen LogP) is 2.95. The molecule has 0 aliphatic carbocycles. The molecule has 156 valence electrons. The summed E-state index contributed by atoms with van der Waals surface area (Å²) in [5.41, 5.74) is 1.16. The third-order valence-corrected chi connectivity index (χ3v) is 5.70. The lowest BCUT2D eigenvalue weighted by Crippen LogP contribution is -2.48. The maximum atomic E-state index is 13.5. The molecular formula is C22H20F2N2O4. The summed E-state index contributed by atoms with van der Waals surface area (Å²) in [4.78, 5) is 42.9. The summed E-state index contributed by atoms with van der Waals surface area (Å²) in [5.74, 6) is -2.77. The van der Waals surface area contributed by atoms with E-state index >= 15 is 0 Å². The van der Waals surface area contributed by atoms with E-state index in [1.807, 2.05) is 0 Å². The number of carbonyl (C=O) groups is 3. The van der Waals surface area contributed by atoms with Crippen molar-refractivity contribution in [1.82, 2.24) is 9.88 Å². The van der Waals surface area contributed by atoms with Crippen molar-refractivity contribution in [3.05, 3.63) is 65.0 Å². The number of rotatable bonds is 4. The van der Waals surface area contributed by atoms with E-state index < -0.39 is 30.1 Å². The lowest BCUT2D eigenvalue weighted by molar-refractivity contribution is -0.149. The first-order chi connectivity index (χ1) is 14.4. The molecule has 2 aliphatic rings. The molecule has 1 fully saturated rings. The maximum absolute atomic E-state index is 13.5. The Kier molecular flexibility index (Phi) is 5.57. The van der Waals surface area contributed by atoms with Crippen molar-refractivity contribution in [2.45, 2.75) is 31.7 Å². The van der Waals surface area contributed by atoms with E-state index in [4.69, 9.17) is 4.74 Å². The van der Waals surface area contributed by atoms with Crippen molar-refractivity contribution in [1.29, 1.82) is 0 Å². The lowest BCUT2D eigenvalue weighted by atomic mass is 9.91. The molecular weight excluding hydrogens is 394 g/mol. The first kappa shape index (κ1) is 20.1. The van der Waals surface area contributed by atoms with Crippen molar-refractivity contribution in [3.8, 4) is 0 Å². The number of fused-ring (bicyclic) bond motifs is 2. The summed E-state index contributed by atoms with van der Waals surface area (Å²) in [6.07, 6.45) is 3.41. The van der Waals surface area contributed by atoms with Crippen LogP contribution in [0.4, 0.5) is 8.78 Å². The van der Waals surface area contributed by atoms with Crippen LogP contribution in [0.2, 0.25) is 0 Å². The van der Waals surface area contributed by atoms with Gasteiger partial charge in [0.2, 0.25) is 5.78 Å². The number of hydrogen-bond donors (Lipinski definition) is 0. The van der Waals surface area contributed by atoms with Crippen molar-refractivity contribution in [2.24, 2.45) is 5.92 Å². The molecule has 4 rings (SSSR count). The molecule has 0 saturated carbocycles. The quantitative estimate of drug-likeness (QED) is 0.568. The Morgan fingerprint density at radius 3 is 2.67 bits per heavy atom. The number of pyridine rings is 1. The summed E-state index contributed by atoms with van der Waals surface area (Å²) in [6.45, 7) is -0.296. The monoisotopic (exact) mass is 414 g/mol. The first-order valence-electron chi connectivity index (χ1n) is 9.83. The van der Waals surface area contributed by atoms with E-state index in [2.05, 4.69) is 4.98 Å². The first-order valence-corrected chi connectivity index (χ1v) is 9.83. The van der Waals surface area contributed by atoms with Crippen LogP contribution < -0.4 is 0 Å². The number of aryl methyl sites for hydroxylation is 1. The molecule has 1 saturated heterocycles. The standard InChI is InChI=1S/C22H20F2N2O4/c23-15-3-7-18-13(9-15)1-5-17-6-2-14(11-26(17)21(18)28)22(29)30-12-20(27)19-8-4-16(24)10-25-19/h3-4,7-10,14,17H,1-2,5-6,11-12H2/t14-,17-/m1/s1. The molecule has 3 heterocycles. The number of carbonyl (C=O) groups excluding carboxylic acids is 3. The predicted molar refractivity (Wildman–Crippen MR) is 102 cm³/mol.